The second-order valence-corrected chi connectivity index (χ2v) is 6.42. The van der Waals surface area contributed by atoms with Gasteiger partial charge in [-0.1, -0.05) is 31.0 Å². The first-order valence-corrected chi connectivity index (χ1v) is 9.21. The highest BCUT2D eigenvalue weighted by atomic mass is 19.1. The van der Waals surface area contributed by atoms with Gasteiger partial charge in [0.15, 0.2) is 5.96 Å². The molecular formula is C19H29FN4O. The van der Waals surface area contributed by atoms with Crippen LogP contribution >= 0.6 is 0 Å². The van der Waals surface area contributed by atoms with Crippen molar-refractivity contribution < 1.29 is 9.18 Å². The number of hydrogen-bond acceptors (Lipinski definition) is 2. The number of hydrogen-bond donors (Lipinski definition) is 3. The van der Waals surface area contributed by atoms with Crippen LogP contribution in [0.4, 0.5) is 4.39 Å². The Balaban J connectivity index is 1.70. The molecular weight excluding hydrogens is 319 g/mol. The van der Waals surface area contributed by atoms with Gasteiger partial charge in [-0.3, -0.25) is 4.79 Å². The second-order valence-electron chi connectivity index (χ2n) is 6.42. The van der Waals surface area contributed by atoms with E-state index in [9.17, 15) is 9.18 Å². The molecule has 1 saturated carbocycles. The molecule has 3 N–H and O–H groups in total. The first-order chi connectivity index (χ1) is 12.2. The fourth-order valence-electron chi connectivity index (χ4n) is 3.06. The van der Waals surface area contributed by atoms with Gasteiger partial charge in [0.25, 0.3) is 0 Å². The zero-order valence-corrected chi connectivity index (χ0v) is 15.0. The predicted molar refractivity (Wildman–Crippen MR) is 98.8 cm³/mol. The summed E-state index contributed by atoms with van der Waals surface area (Å²) >= 11 is 0. The summed E-state index contributed by atoms with van der Waals surface area (Å²) in [5.74, 6) is 1.06. The molecule has 1 amide bonds. The highest BCUT2D eigenvalue weighted by Gasteiger charge is 2.17. The zero-order valence-electron chi connectivity index (χ0n) is 15.0. The summed E-state index contributed by atoms with van der Waals surface area (Å²) in [5, 5.41) is 9.23. The van der Waals surface area contributed by atoms with Gasteiger partial charge in [-0.15, -0.1) is 0 Å². The van der Waals surface area contributed by atoms with Crippen molar-refractivity contribution in [2.24, 2.45) is 10.9 Å². The van der Waals surface area contributed by atoms with Crippen molar-refractivity contribution in [3.05, 3.63) is 35.6 Å². The summed E-state index contributed by atoms with van der Waals surface area (Å²) in [4.78, 5) is 16.3. The highest BCUT2D eigenvalue weighted by Crippen LogP contribution is 2.27. The minimum Gasteiger partial charge on any atom is -0.357 e. The van der Waals surface area contributed by atoms with Crippen LogP contribution in [0.25, 0.3) is 0 Å². The van der Waals surface area contributed by atoms with E-state index < -0.39 is 0 Å². The SMILES string of the molecule is CCNC(=NCc1ccccc1F)NCCNC(=O)CC1CCCC1. The molecule has 0 heterocycles. The molecule has 0 aromatic heterocycles. The molecule has 1 aliphatic rings. The Morgan fingerprint density at radius 3 is 2.60 bits per heavy atom. The lowest BCUT2D eigenvalue weighted by Gasteiger charge is -2.13. The van der Waals surface area contributed by atoms with Crippen molar-refractivity contribution in [3.63, 3.8) is 0 Å². The molecule has 5 nitrogen and oxygen atoms in total. The van der Waals surface area contributed by atoms with E-state index in [2.05, 4.69) is 20.9 Å². The third kappa shape index (κ3) is 7.11. The number of nitrogens with zero attached hydrogens (tertiary/aromatic N) is 1. The number of benzene rings is 1. The summed E-state index contributed by atoms with van der Waals surface area (Å²) < 4.78 is 13.6. The summed E-state index contributed by atoms with van der Waals surface area (Å²) in [7, 11) is 0. The Morgan fingerprint density at radius 1 is 1.16 bits per heavy atom. The molecule has 2 rings (SSSR count). The lowest BCUT2D eigenvalue weighted by atomic mass is 10.0. The lowest BCUT2D eigenvalue weighted by Crippen LogP contribution is -2.41. The Bertz CT molecular complexity index is 570. The van der Waals surface area contributed by atoms with E-state index in [1.807, 2.05) is 6.92 Å². The number of halogens is 1. The molecule has 1 aliphatic carbocycles. The second kappa shape index (κ2) is 10.7. The van der Waals surface area contributed by atoms with E-state index in [1.54, 1.807) is 18.2 Å². The maximum Gasteiger partial charge on any atom is 0.220 e. The van der Waals surface area contributed by atoms with Gasteiger partial charge in [-0.25, -0.2) is 9.38 Å². The largest absolute Gasteiger partial charge is 0.357 e. The molecule has 0 saturated heterocycles. The minimum absolute atomic E-state index is 0.127. The zero-order chi connectivity index (χ0) is 17.9. The summed E-state index contributed by atoms with van der Waals surface area (Å²) in [6.45, 7) is 4.10. The Hall–Kier alpha value is -2.11. The van der Waals surface area contributed by atoms with Crippen molar-refractivity contribution in [2.75, 3.05) is 19.6 Å². The molecule has 0 aliphatic heterocycles. The maximum atomic E-state index is 13.6. The molecule has 138 valence electrons. The number of rotatable bonds is 8. The third-order valence-electron chi connectivity index (χ3n) is 4.40. The number of nitrogens with one attached hydrogen (secondary N) is 3. The van der Waals surface area contributed by atoms with Crippen LogP contribution in [0.5, 0.6) is 0 Å². The van der Waals surface area contributed by atoms with Gasteiger partial charge in [0.1, 0.15) is 5.82 Å². The van der Waals surface area contributed by atoms with Crippen molar-refractivity contribution in [3.8, 4) is 0 Å². The third-order valence-corrected chi connectivity index (χ3v) is 4.40. The van der Waals surface area contributed by atoms with Gasteiger partial charge < -0.3 is 16.0 Å². The number of aliphatic imine (C=N–C) groups is 1. The van der Waals surface area contributed by atoms with Gasteiger partial charge in [-0.2, -0.15) is 0 Å². The first kappa shape index (κ1) is 19.2. The Labute approximate surface area is 149 Å². The summed E-state index contributed by atoms with van der Waals surface area (Å²) in [5.41, 5.74) is 0.560. The standard InChI is InChI=1S/C19H29FN4O/c1-2-21-19(24-14-16-9-5-6-10-17(16)20)23-12-11-22-18(25)13-15-7-3-4-8-15/h5-6,9-10,15H,2-4,7-8,11-14H2,1H3,(H,22,25)(H2,21,23,24). The van der Waals surface area contributed by atoms with Crippen LogP contribution in [0.2, 0.25) is 0 Å². The van der Waals surface area contributed by atoms with Crippen LogP contribution in [0.1, 0.15) is 44.6 Å². The minimum atomic E-state index is -0.249. The fraction of sp³-hybridized carbons (Fsp3) is 0.579. The molecule has 0 radical (unpaired) electrons. The van der Waals surface area contributed by atoms with Gasteiger partial charge >= 0.3 is 0 Å². The van der Waals surface area contributed by atoms with E-state index in [-0.39, 0.29) is 18.3 Å². The summed E-state index contributed by atoms with van der Waals surface area (Å²) in [6.07, 6.45) is 5.51. The van der Waals surface area contributed by atoms with Crippen LogP contribution in [0.3, 0.4) is 0 Å². The molecule has 6 heteroatoms. The van der Waals surface area contributed by atoms with Gasteiger partial charge in [0, 0.05) is 31.6 Å². The lowest BCUT2D eigenvalue weighted by molar-refractivity contribution is -0.121. The molecule has 0 atom stereocenters. The Kier molecular flexibility index (Phi) is 8.22. The van der Waals surface area contributed by atoms with Crippen molar-refractivity contribution in [1.82, 2.24) is 16.0 Å². The maximum absolute atomic E-state index is 13.6. The van der Waals surface area contributed by atoms with Crippen molar-refractivity contribution in [1.29, 1.82) is 0 Å². The molecule has 0 unspecified atom stereocenters. The quantitative estimate of drug-likeness (QED) is 0.384. The first-order valence-electron chi connectivity index (χ1n) is 9.21. The van der Waals surface area contributed by atoms with Gasteiger partial charge in [0.05, 0.1) is 6.54 Å². The van der Waals surface area contributed by atoms with Crippen LogP contribution in [-0.4, -0.2) is 31.5 Å². The van der Waals surface area contributed by atoms with Gasteiger partial charge in [0.2, 0.25) is 5.91 Å². The number of carbonyl (C=O) groups excluding carboxylic acids is 1. The average molecular weight is 348 g/mol. The van der Waals surface area contributed by atoms with Crippen LogP contribution in [0.15, 0.2) is 29.3 Å². The average Bonchev–Trinajstić information content (AvgIpc) is 3.10. The smallest absolute Gasteiger partial charge is 0.220 e. The molecule has 1 aromatic rings. The van der Waals surface area contributed by atoms with E-state index in [0.29, 0.717) is 37.0 Å². The number of amides is 1. The van der Waals surface area contributed by atoms with E-state index in [0.717, 1.165) is 6.54 Å². The summed E-state index contributed by atoms with van der Waals surface area (Å²) in [6, 6.07) is 6.63. The molecule has 0 bridgehead atoms. The molecule has 1 fully saturated rings. The van der Waals surface area contributed by atoms with Crippen LogP contribution in [-0.2, 0) is 11.3 Å². The topological polar surface area (TPSA) is 65.5 Å². The van der Waals surface area contributed by atoms with Crippen molar-refractivity contribution in [2.45, 2.75) is 45.6 Å². The molecule has 0 spiro atoms. The normalized spacial score (nSPS) is 15.2. The van der Waals surface area contributed by atoms with Crippen LogP contribution < -0.4 is 16.0 Å². The predicted octanol–water partition coefficient (Wildman–Crippen LogP) is 2.58. The Morgan fingerprint density at radius 2 is 1.88 bits per heavy atom. The van der Waals surface area contributed by atoms with Crippen molar-refractivity contribution >= 4 is 11.9 Å². The molecule has 1 aromatic carbocycles. The van der Waals surface area contributed by atoms with Gasteiger partial charge in [-0.05, 0) is 31.7 Å². The number of guanidine groups is 1. The van der Waals surface area contributed by atoms with E-state index >= 15 is 0 Å². The fourth-order valence-corrected chi connectivity index (χ4v) is 3.06. The monoisotopic (exact) mass is 348 g/mol. The number of carbonyl (C=O) groups is 1. The van der Waals surface area contributed by atoms with E-state index in [4.69, 9.17) is 0 Å². The highest BCUT2D eigenvalue weighted by molar-refractivity contribution is 5.80. The van der Waals surface area contributed by atoms with E-state index in [1.165, 1.54) is 31.7 Å². The van der Waals surface area contributed by atoms with Crippen LogP contribution in [0, 0.1) is 11.7 Å². The molecule has 25 heavy (non-hydrogen) atoms.